The Balaban J connectivity index is 1.75. The lowest BCUT2D eigenvalue weighted by Gasteiger charge is -2.19. The van der Waals surface area contributed by atoms with Crippen LogP contribution in [0.4, 0.5) is 0 Å². The number of rotatable bonds is 13. The highest BCUT2D eigenvalue weighted by Crippen LogP contribution is 2.43. The number of nitrogens with one attached hydrogen (secondary N) is 5. The maximum absolute atomic E-state index is 13.8. The molecule has 2 aliphatic heterocycles. The fourth-order valence-corrected chi connectivity index (χ4v) is 7.58. The van der Waals surface area contributed by atoms with Gasteiger partial charge >= 0.3 is 17.9 Å². The van der Waals surface area contributed by atoms with Gasteiger partial charge in [-0.1, -0.05) is 26.5 Å². The van der Waals surface area contributed by atoms with E-state index in [4.69, 9.17) is 16.6 Å². The van der Waals surface area contributed by atoms with Gasteiger partial charge in [0.1, 0.15) is 6.04 Å². The van der Waals surface area contributed by atoms with Crippen LogP contribution in [-0.2, 0) is 20.8 Å². The largest absolute Gasteiger partial charge is 0.481 e. The van der Waals surface area contributed by atoms with Crippen LogP contribution in [0.25, 0.3) is 29.9 Å². The zero-order valence-corrected chi connectivity index (χ0v) is 31.8. The minimum atomic E-state index is -1.21. The van der Waals surface area contributed by atoms with Gasteiger partial charge < -0.3 is 47.1 Å². The lowest BCUT2D eigenvalue weighted by molar-refractivity contribution is -0.139. The number of carbonyl (C=O) groups excluding carboxylic acids is 1. The Morgan fingerprint density at radius 1 is 0.982 bits per heavy atom. The van der Waals surface area contributed by atoms with Gasteiger partial charge in [-0.3, -0.25) is 24.7 Å². The minimum absolute atomic E-state index is 0.0284. The van der Waals surface area contributed by atoms with E-state index in [9.17, 15) is 29.4 Å². The number of H-pyrrole nitrogens is 3. The van der Waals surface area contributed by atoms with Gasteiger partial charge in [-0.2, -0.15) is 0 Å². The molecule has 15 heteroatoms. The van der Waals surface area contributed by atoms with Crippen LogP contribution in [-0.4, -0.2) is 72.6 Å². The molecule has 1 amide bonds. The van der Waals surface area contributed by atoms with Gasteiger partial charge in [-0.15, -0.1) is 0 Å². The minimum Gasteiger partial charge on any atom is -0.481 e. The van der Waals surface area contributed by atoms with Crippen LogP contribution < -0.4 is 32.8 Å². The van der Waals surface area contributed by atoms with Crippen molar-refractivity contribution in [2.24, 2.45) is 28.3 Å². The van der Waals surface area contributed by atoms with E-state index in [0.29, 0.717) is 35.4 Å². The number of allylic oxidation sites excluding steroid dienone is 2. The quantitative estimate of drug-likeness (QED) is 0.0693. The molecule has 3 aromatic heterocycles. The summed E-state index contributed by atoms with van der Waals surface area (Å²) in [5.74, 6) is -4.81. The molecular formula is C40H50N8O7. The second-order valence-electron chi connectivity index (χ2n) is 14.1. The molecule has 3 atom stereocenters. The summed E-state index contributed by atoms with van der Waals surface area (Å²) in [5.41, 5.74) is 20.0. The van der Waals surface area contributed by atoms with Crippen molar-refractivity contribution < 1.29 is 34.5 Å². The van der Waals surface area contributed by atoms with Crippen LogP contribution in [0.2, 0.25) is 0 Å². The number of aromatic nitrogens is 3. The van der Waals surface area contributed by atoms with Crippen LogP contribution in [0.1, 0.15) is 107 Å². The molecule has 0 radical (unpaired) electrons. The van der Waals surface area contributed by atoms with E-state index in [1.54, 1.807) is 13.0 Å². The Hall–Kier alpha value is -6.09. The summed E-state index contributed by atoms with van der Waals surface area (Å²) in [6.45, 7) is 14.0. The zero-order valence-electron chi connectivity index (χ0n) is 31.8. The molecule has 5 rings (SSSR count). The number of aromatic amines is 3. The molecule has 0 saturated carbocycles. The van der Waals surface area contributed by atoms with Gasteiger partial charge in [0.2, 0.25) is 5.91 Å². The Morgan fingerprint density at radius 3 is 2.31 bits per heavy atom. The summed E-state index contributed by atoms with van der Waals surface area (Å²) in [6.07, 6.45) is 8.57. The smallest absolute Gasteiger partial charge is 0.338 e. The second kappa shape index (κ2) is 16.5. The van der Waals surface area contributed by atoms with E-state index >= 15 is 0 Å². The highest BCUT2D eigenvalue weighted by molar-refractivity contribution is 6.03. The summed E-state index contributed by atoms with van der Waals surface area (Å²) in [6, 6.07) is -1.05. The molecule has 1 fully saturated rings. The second-order valence-corrected chi connectivity index (χ2v) is 14.1. The summed E-state index contributed by atoms with van der Waals surface area (Å²) in [4.78, 5) is 64.4. The average molecular weight is 755 g/mol. The molecule has 1 saturated heterocycles. The first-order chi connectivity index (χ1) is 26.1. The molecule has 0 aliphatic carbocycles. The van der Waals surface area contributed by atoms with E-state index in [1.807, 2.05) is 39.0 Å². The van der Waals surface area contributed by atoms with Crippen LogP contribution >= 0.6 is 0 Å². The number of fused-ring (bicyclic) bond motifs is 8. The number of amides is 1. The van der Waals surface area contributed by atoms with Crippen molar-refractivity contribution in [3.05, 3.63) is 84.8 Å². The first kappa shape index (κ1) is 40.1. The Bertz CT molecular complexity index is 2280. The third-order valence-corrected chi connectivity index (χ3v) is 10.7. The molecule has 3 aromatic rings. The average Bonchev–Trinajstić information content (AvgIpc) is 3.80. The predicted molar refractivity (Wildman–Crippen MR) is 211 cm³/mol. The normalized spacial score (nSPS) is 17.1. The number of nitrogens with two attached hydrogens (primary N) is 2. The Kier molecular flexibility index (Phi) is 12.0. The predicted octanol–water partition coefficient (Wildman–Crippen LogP) is 2.96. The SMILES string of the molecule is C=Cc1c2[nH]c(c1C)C=C1NC(=C(CC(=O)NC(N)=NCCC[C@@H](N)C(=O)O)c3[nH]c(c(C)c3C(=O)O)C=c3[nH]c(c(C)c3CC)=C2)[C@@H](CCC(=O)O)[C@@H]1C. The van der Waals surface area contributed by atoms with Crippen molar-refractivity contribution in [3.63, 3.8) is 0 Å². The number of aliphatic imine (C=N–C) groups is 1. The van der Waals surface area contributed by atoms with E-state index in [-0.39, 0.29) is 55.4 Å². The maximum Gasteiger partial charge on any atom is 0.338 e. The van der Waals surface area contributed by atoms with Crippen LogP contribution in [0.5, 0.6) is 0 Å². The summed E-state index contributed by atoms with van der Waals surface area (Å²) < 4.78 is 0. The van der Waals surface area contributed by atoms with Gasteiger partial charge in [0.25, 0.3) is 0 Å². The fraction of sp³-hybridized carbons (Fsp3) is 0.375. The van der Waals surface area contributed by atoms with Crippen molar-refractivity contribution in [2.45, 2.75) is 79.2 Å². The molecule has 12 N–H and O–H groups in total. The number of carboxylic acid groups (broad SMARTS) is 3. The van der Waals surface area contributed by atoms with E-state index in [2.05, 4.69) is 44.1 Å². The monoisotopic (exact) mass is 754 g/mol. The molecule has 5 heterocycles. The Morgan fingerprint density at radius 2 is 1.67 bits per heavy atom. The summed E-state index contributed by atoms with van der Waals surface area (Å²) >= 11 is 0. The molecule has 0 spiro atoms. The molecule has 55 heavy (non-hydrogen) atoms. The van der Waals surface area contributed by atoms with Crippen molar-refractivity contribution in [1.82, 2.24) is 25.6 Å². The topological polar surface area (TPSA) is 265 Å². The van der Waals surface area contributed by atoms with Crippen molar-refractivity contribution in [3.8, 4) is 0 Å². The van der Waals surface area contributed by atoms with Crippen molar-refractivity contribution in [1.29, 1.82) is 0 Å². The van der Waals surface area contributed by atoms with Gasteiger partial charge in [-0.05, 0) is 86.9 Å². The van der Waals surface area contributed by atoms with Crippen molar-refractivity contribution >= 4 is 59.7 Å². The van der Waals surface area contributed by atoms with Crippen LogP contribution in [0.3, 0.4) is 0 Å². The molecule has 0 aromatic carbocycles. The molecule has 8 bridgehead atoms. The number of aliphatic carboxylic acids is 2. The summed E-state index contributed by atoms with van der Waals surface area (Å²) in [7, 11) is 0. The highest BCUT2D eigenvalue weighted by atomic mass is 16.4. The number of hydrogen-bond acceptors (Lipinski definition) is 7. The standard InChI is InChI=1S/C40H50N8O7/c1-7-22-18(3)27-15-29-20(5)24(11-12-34(50)51)36(46-29)25(14-33(49)48-40(42)43-13-9-10-26(41)38(52)53)37-35(39(54)55)21(6)30(47-37)17-32-23(8-2)19(4)28(45-32)16-31(22)44-27/h7,15-17,20,24,26,44-47H,1,8-14,41H2,2-6H3,(H,50,51)(H,52,53)(H,54,55)(H3,42,43,48,49)/t20-,24-,26+/m0/s1. The maximum atomic E-state index is 13.8. The van der Waals surface area contributed by atoms with Gasteiger partial charge in [0.05, 0.1) is 17.7 Å². The number of carbonyl (C=O) groups is 4. The van der Waals surface area contributed by atoms with Crippen molar-refractivity contribution in [2.75, 3.05) is 6.54 Å². The number of nitrogens with zero attached hydrogens (tertiary/aromatic N) is 1. The van der Waals surface area contributed by atoms with Gasteiger partial charge in [0, 0.05) is 75.1 Å². The van der Waals surface area contributed by atoms with E-state index in [1.165, 1.54) is 0 Å². The first-order valence-electron chi connectivity index (χ1n) is 18.3. The molecular weight excluding hydrogens is 704 g/mol. The molecule has 0 unspecified atom stereocenters. The molecule has 292 valence electrons. The number of aromatic carboxylic acids is 1. The van der Waals surface area contributed by atoms with E-state index < -0.39 is 35.8 Å². The first-order valence-corrected chi connectivity index (χ1v) is 18.3. The lowest BCUT2D eigenvalue weighted by Crippen LogP contribution is -2.37. The molecule has 2 aliphatic rings. The summed E-state index contributed by atoms with van der Waals surface area (Å²) in [5, 5.41) is 37.2. The third-order valence-electron chi connectivity index (χ3n) is 10.7. The van der Waals surface area contributed by atoms with Crippen LogP contribution in [0.15, 0.2) is 23.0 Å². The molecule has 15 nitrogen and oxygen atoms in total. The Labute approximate surface area is 318 Å². The lowest BCUT2D eigenvalue weighted by atomic mass is 9.85. The number of carboxylic acids is 3. The van der Waals surface area contributed by atoms with E-state index in [0.717, 1.165) is 50.0 Å². The number of hydrogen-bond donors (Lipinski definition) is 10. The van der Waals surface area contributed by atoms with Gasteiger partial charge in [-0.25, -0.2) is 4.79 Å². The number of guanidine groups is 1. The fourth-order valence-electron chi connectivity index (χ4n) is 7.58. The zero-order chi connectivity index (χ0) is 40.3. The highest BCUT2D eigenvalue weighted by Gasteiger charge is 2.37. The third kappa shape index (κ3) is 8.36. The van der Waals surface area contributed by atoms with Gasteiger partial charge in [0.15, 0.2) is 5.96 Å². The van der Waals surface area contributed by atoms with Crippen LogP contribution in [0, 0.1) is 32.6 Å².